The van der Waals surface area contributed by atoms with E-state index in [2.05, 4.69) is 20.4 Å². The third-order valence-corrected chi connectivity index (χ3v) is 4.83. The van der Waals surface area contributed by atoms with E-state index in [1.165, 1.54) is 0 Å². The Morgan fingerprint density at radius 1 is 1.20 bits per heavy atom. The maximum atomic E-state index is 12.7. The number of nitrogens with two attached hydrogens (primary N) is 1. The molecule has 4 N–H and O–H groups in total. The first-order valence-electron chi connectivity index (χ1n) is 9.59. The summed E-state index contributed by atoms with van der Waals surface area (Å²) in [4.78, 5) is 21.2. The summed E-state index contributed by atoms with van der Waals surface area (Å²) in [5.74, 6) is -0.0786. The molecule has 0 fully saturated rings. The van der Waals surface area contributed by atoms with Gasteiger partial charge in [0.05, 0.1) is 17.4 Å². The van der Waals surface area contributed by atoms with E-state index in [1.54, 1.807) is 29.9 Å². The first-order valence-corrected chi connectivity index (χ1v) is 9.59. The van der Waals surface area contributed by atoms with E-state index < -0.39 is 6.10 Å². The smallest absolute Gasteiger partial charge is 0.253 e. The fraction of sp³-hybridized carbons (Fsp3) is 0.182. The van der Waals surface area contributed by atoms with Crippen LogP contribution in [-0.2, 0) is 6.42 Å². The van der Waals surface area contributed by atoms with E-state index in [4.69, 9.17) is 5.73 Å². The lowest BCUT2D eigenvalue weighted by Gasteiger charge is -2.13. The Hall–Kier alpha value is -3.78. The molecular weight excluding hydrogens is 380 g/mol. The summed E-state index contributed by atoms with van der Waals surface area (Å²) in [6, 6.07) is 15.1. The molecule has 152 valence electrons. The van der Waals surface area contributed by atoms with Crippen molar-refractivity contribution in [1.82, 2.24) is 24.9 Å². The van der Waals surface area contributed by atoms with Gasteiger partial charge in [0.2, 0.25) is 5.95 Å². The first-order chi connectivity index (χ1) is 14.5. The van der Waals surface area contributed by atoms with Gasteiger partial charge in [0.1, 0.15) is 0 Å². The molecule has 0 spiro atoms. The summed E-state index contributed by atoms with van der Waals surface area (Å²) >= 11 is 0. The lowest BCUT2D eigenvalue weighted by atomic mass is 10.0. The minimum atomic E-state index is -0.673. The fourth-order valence-corrected chi connectivity index (χ4v) is 3.26. The number of aliphatic hydroxyl groups excluding tert-OH is 1. The first kappa shape index (κ1) is 19.5. The molecule has 8 nitrogen and oxygen atoms in total. The number of nitrogen functional groups attached to an aromatic ring is 1. The normalized spacial score (nSPS) is 12.1. The van der Waals surface area contributed by atoms with Gasteiger partial charge in [-0.1, -0.05) is 30.3 Å². The number of nitrogens with one attached hydrogen (secondary N) is 1. The summed E-state index contributed by atoms with van der Waals surface area (Å²) < 4.78 is 1.59. The zero-order valence-electron chi connectivity index (χ0n) is 16.5. The van der Waals surface area contributed by atoms with Crippen molar-refractivity contribution < 1.29 is 9.90 Å². The van der Waals surface area contributed by atoms with Gasteiger partial charge in [-0.3, -0.25) is 9.78 Å². The molecule has 0 aliphatic heterocycles. The van der Waals surface area contributed by atoms with Crippen LogP contribution in [0.4, 0.5) is 5.95 Å². The molecular formula is C22H22N6O2. The van der Waals surface area contributed by atoms with E-state index in [-0.39, 0.29) is 18.4 Å². The standard InChI is InChI=1S/C22H22N6O2/c1-14-19(21(30)25-13-18(29)9-15-5-3-2-4-6-15)10-17(12-24-14)16-7-8-28-20(11-16)26-22(23)27-28/h2-8,10-12,18,29H,9,13H2,1H3,(H2,23,27)(H,25,30). The molecule has 8 heteroatoms. The van der Waals surface area contributed by atoms with Crippen molar-refractivity contribution in [3.8, 4) is 11.1 Å². The number of carbonyl (C=O) groups is 1. The SMILES string of the molecule is Cc1ncc(-c2ccn3nc(N)nc3c2)cc1C(=O)NCC(O)Cc1ccccc1. The molecule has 4 aromatic rings. The second kappa shape index (κ2) is 8.30. The largest absolute Gasteiger partial charge is 0.391 e. The Morgan fingerprint density at radius 2 is 2.00 bits per heavy atom. The molecule has 30 heavy (non-hydrogen) atoms. The number of aliphatic hydroxyl groups is 1. The third-order valence-electron chi connectivity index (χ3n) is 4.83. The van der Waals surface area contributed by atoms with Gasteiger partial charge in [0, 0.05) is 30.9 Å². The highest BCUT2D eigenvalue weighted by molar-refractivity contribution is 5.96. The van der Waals surface area contributed by atoms with Gasteiger partial charge in [-0.2, -0.15) is 4.98 Å². The zero-order valence-corrected chi connectivity index (χ0v) is 16.5. The molecule has 0 radical (unpaired) electrons. The van der Waals surface area contributed by atoms with Crippen molar-refractivity contribution in [2.24, 2.45) is 0 Å². The molecule has 3 aromatic heterocycles. The van der Waals surface area contributed by atoms with Crippen LogP contribution in [0.3, 0.4) is 0 Å². The fourth-order valence-electron chi connectivity index (χ4n) is 3.26. The second-order valence-electron chi connectivity index (χ2n) is 7.10. The van der Waals surface area contributed by atoms with Gasteiger partial charge in [0.25, 0.3) is 5.91 Å². The number of hydrogen-bond donors (Lipinski definition) is 3. The Kier molecular flexibility index (Phi) is 5.40. The number of fused-ring (bicyclic) bond motifs is 1. The monoisotopic (exact) mass is 402 g/mol. The Balaban J connectivity index is 1.48. The summed E-state index contributed by atoms with van der Waals surface area (Å²) in [7, 11) is 0. The molecule has 1 unspecified atom stereocenters. The van der Waals surface area contributed by atoms with Crippen molar-refractivity contribution in [3.63, 3.8) is 0 Å². The van der Waals surface area contributed by atoms with Crippen LogP contribution in [0.5, 0.6) is 0 Å². The van der Waals surface area contributed by atoms with Crippen LogP contribution < -0.4 is 11.1 Å². The molecule has 1 amide bonds. The number of amides is 1. The van der Waals surface area contributed by atoms with Crippen LogP contribution >= 0.6 is 0 Å². The van der Waals surface area contributed by atoms with Gasteiger partial charge < -0.3 is 16.2 Å². The van der Waals surface area contributed by atoms with Crippen molar-refractivity contribution >= 4 is 17.5 Å². The predicted octanol–water partition coefficient (Wildman–Crippen LogP) is 2.02. The molecule has 0 aliphatic rings. The van der Waals surface area contributed by atoms with Crippen molar-refractivity contribution in [3.05, 3.63) is 77.7 Å². The van der Waals surface area contributed by atoms with Gasteiger partial charge in [-0.15, -0.1) is 5.10 Å². The number of carbonyl (C=O) groups excluding carboxylic acids is 1. The minimum absolute atomic E-state index is 0.155. The number of rotatable bonds is 6. The van der Waals surface area contributed by atoms with E-state index in [9.17, 15) is 9.90 Å². The number of nitrogens with zero attached hydrogens (tertiary/aromatic N) is 4. The van der Waals surface area contributed by atoms with Crippen molar-refractivity contribution in [1.29, 1.82) is 0 Å². The van der Waals surface area contributed by atoms with Gasteiger partial charge >= 0.3 is 0 Å². The van der Waals surface area contributed by atoms with Crippen molar-refractivity contribution in [2.45, 2.75) is 19.4 Å². The highest BCUT2D eigenvalue weighted by Gasteiger charge is 2.14. The number of benzene rings is 1. The zero-order chi connectivity index (χ0) is 21.1. The Morgan fingerprint density at radius 3 is 2.80 bits per heavy atom. The molecule has 1 atom stereocenters. The lowest BCUT2D eigenvalue weighted by Crippen LogP contribution is -2.33. The number of aryl methyl sites for hydroxylation is 1. The maximum absolute atomic E-state index is 12.7. The van der Waals surface area contributed by atoms with Crippen LogP contribution in [0.2, 0.25) is 0 Å². The average Bonchev–Trinajstić information content (AvgIpc) is 3.12. The summed E-state index contributed by atoms with van der Waals surface area (Å²) in [6.07, 6.45) is 3.27. The summed E-state index contributed by atoms with van der Waals surface area (Å²) in [5.41, 5.74) is 9.97. The molecule has 0 bridgehead atoms. The molecule has 1 aromatic carbocycles. The minimum Gasteiger partial charge on any atom is -0.391 e. The predicted molar refractivity (Wildman–Crippen MR) is 114 cm³/mol. The van der Waals surface area contributed by atoms with Crippen LogP contribution in [-0.4, -0.2) is 43.2 Å². The molecule has 0 aliphatic carbocycles. The number of anilines is 1. The molecule has 3 heterocycles. The van der Waals surface area contributed by atoms with E-state index in [1.807, 2.05) is 42.5 Å². The topological polar surface area (TPSA) is 118 Å². The van der Waals surface area contributed by atoms with Crippen LogP contribution in [0.25, 0.3) is 16.8 Å². The maximum Gasteiger partial charge on any atom is 0.253 e. The third kappa shape index (κ3) is 4.28. The molecule has 0 saturated heterocycles. The number of aromatic nitrogens is 4. The quantitative estimate of drug-likeness (QED) is 0.454. The van der Waals surface area contributed by atoms with Gasteiger partial charge in [0.15, 0.2) is 5.65 Å². The van der Waals surface area contributed by atoms with E-state index in [0.29, 0.717) is 23.3 Å². The number of hydrogen-bond acceptors (Lipinski definition) is 6. The highest BCUT2D eigenvalue weighted by Crippen LogP contribution is 2.22. The second-order valence-corrected chi connectivity index (χ2v) is 7.10. The van der Waals surface area contributed by atoms with Gasteiger partial charge in [-0.25, -0.2) is 4.52 Å². The van der Waals surface area contributed by atoms with Crippen LogP contribution in [0.1, 0.15) is 21.6 Å². The van der Waals surface area contributed by atoms with Gasteiger partial charge in [-0.05, 0) is 36.2 Å². The lowest BCUT2D eigenvalue weighted by molar-refractivity contribution is 0.0915. The average molecular weight is 402 g/mol. The number of pyridine rings is 2. The molecule has 0 saturated carbocycles. The van der Waals surface area contributed by atoms with Crippen LogP contribution in [0, 0.1) is 6.92 Å². The Labute approximate surface area is 173 Å². The molecule has 4 rings (SSSR count). The van der Waals surface area contributed by atoms with Crippen molar-refractivity contribution in [2.75, 3.05) is 12.3 Å². The van der Waals surface area contributed by atoms with E-state index >= 15 is 0 Å². The summed E-state index contributed by atoms with van der Waals surface area (Å²) in [5, 5.41) is 17.1. The van der Waals surface area contributed by atoms with Crippen LogP contribution in [0.15, 0.2) is 60.9 Å². The summed E-state index contributed by atoms with van der Waals surface area (Å²) in [6.45, 7) is 1.93. The van der Waals surface area contributed by atoms with E-state index in [0.717, 1.165) is 16.7 Å². The highest BCUT2D eigenvalue weighted by atomic mass is 16.3. The Bertz CT molecular complexity index is 1190.